The zero-order valence-electron chi connectivity index (χ0n) is 19.9. The fourth-order valence-corrected chi connectivity index (χ4v) is 7.74. The van der Waals surface area contributed by atoms with E-state index in [0.29, 0.717) is 13.0 Å². The maximum Gasteiger partial charge on any atom is 0.411 e. The van der Waals surface area contributed by atoms with Crippen LogP contribution in [-0.2, 0) is 19.1 Å². The van der Waals surface area contributed by atoms with Gasteiger partial charge >= 0.3 is 12.1 Å². The van der Waals surface area contributed by atoms with Crippen LogP contribution in [0, 0.1) is 16.2 Å². The summed E-state index contributed by atoms with van der Waals surface area (Å²) in [5, 5.41) is 0. The first-order chi connectivity index (χ1) is 15.5. The van der Waals surface area contributed by atoms with Crippen molar-refractivity contribution in [1.82, 2.24) is 4.90 Å². The van der Waals surface area contributed by atoms with E-state index in [-0.39, 0.29) is 28.6 Å². The molecule has 7 heteroatoms. The number of hydrogen-bond acceptors (Lipinski definition) is 5. The lowest BCUT2D eigenvalue weighted by molar-refractivity contribution is -0.159. The smallest absolute Gasteiger partial charge is 0.411 e. The molecule has 1 amide bonds. The highest BCUT2D eigenvalue weighted by Crippen LogP contribution is 2.90. The van der Waals surface area contributed by atoms with Crippen LogP contribution in [0.4, 0.5) is 4.79 Å². The topological polar surface area (TPSA) is 72.9 Å². The third-order valence-corrected chi connectivity index (χ3v) is 9.54. The van der Waals surface area contributed by atoms with Gasteiger partial charge in [-0.15, -0.1) is 0 Å². The predicted octanol–water partition coefficient (Wildman–Crippen LogP) is 5.45. The number of rotatable bonds is 5. The second-order valence-electron chi connectivity index (χ2n) is 11.6. The van der Waals surface area contributed by atoms with E-state index in [1.807, 2.05) is 0 Å². The largest absolute Gasteiger partial charge is 0.456 e. The Morgan fingerprint density at radius 1 is 1.18 bits per heavy atom. The van der Waals surface area contributed by atoms with Gasteiger partial charge in [-0.05, 0) is 100 Å². The fourth-order valence-electron chi connectivity index (χ4n) is 7.26. The summed E-state index contributed by atoms with van der Waals surface area (Å²) in [5.74, 6) is -0.416. The Hall–Kier alpha value is -1.63. The molecular formula is C26H34BrNO5. The van der Waals surface area contributed by atoms with Crippen molar-refractivity contribution in [1.29, 1.82) is 0 Å². The highest BCUT2D eigenvalue weighted by molar-refractivity contribution is 9.11. The molecule has 1 spiro atoms. The normalized spacial score (nSPS) is 36.7. The Bertz CT molecular complexity index is 960. The molecule has 4 fully saturated rings. The van der Waals surface area contributed by atoms with E-state index in [4.69, 9.17) is 9.47 Å². The van der Waals surface area contributed by atoms with Gasteiger partial charge in [-0.2, -0.15) is 0 Å². The number of hydrogen-bond donors (Lipinski definition) is 0. The van der Waals surface area contributed by atoms with Gasteiger partial charge in [0.15, 0.2) is 12.4 Å². The molecule has 33 heavy (non-hydrogen) atoms. The molecule has 0 aromatic heterocycles. The van der Waals surface area contributed by atoms with E-state index >= 15 is 0 Å². The van der Waals surface area contributed by atoms with E-state index in [9.17, 15) is 14.4 Å². The van der Waals surface area contributed by atoms with Gasteiger partial charge in [-0.25, -0.2) is 9.59 Å². The van der Waals surface area contributed by atoms with Gasteiger partial charge in [0, 0.05) is 17.4 Å². The molecule has 0 aromatic carbocycles. The van der Waals surface area contributed by atoms with Crippen molar-refractivity contribution in [3.05, 3.63) is 22.2 Å². The van der Waals surface area contributed by atoms with Crippen LogP contribution in [0.15, 0.2) is 22.2 Å². The van der Waals surface area contributed by atoms with E-state index in [0.717, 1.165) is 51.4 Å². The van der Waals surface area contributed by atoms with Crippen molar-refractivity contribution in [3.63, 3.8) is 0 Å². The van der Waals surface area contributed by atoms with Crippen LogP contribution in [0.1, 0.15) is 78.6 Å². The first-order valence-electron chi connectivity index (χ1n) is 12.3. The van der Waals surface area contributed by atoms with Gasteiger partial charge < -0.3 is 9.47 Å². The van der Waals surface area contributed by atoms with Crippen LogP contribution < -0.4 is 0 Å². The number of ketones is 1. The Morgan fingerprint density at radius 3 is 2.61 bits per heavy atom. The van der Waals surface area contributed by atoms with Crippen LogP contribution in [0.3, 0.4) is 0 Å². The number of likely N-dealkylation sites (tertiary alicyclic amines) is 1. The predicted molar refractivity (Wildman–Crippen MR) is 127 cm³/mol. The highest BCUT2D eigenvalue weighted by Gasteiger charge is 2.85. The fraction of sp³-hybridized carbons (Fsp3) is 0.731. The highest BCUT2D eigenvalue weighted by atomic mass is 79.9. The number of carbonyl (C=O) groups excluding carboxylic acids is 3. The van der Waals surface area contributed by atoms with Crippen molar-refractivity contribution in [2.75, 3.05) is 13.2 Å². The summed E-state index contributed by atoms with van der Waals surface area (Å²) in [5.41, 5.74) is 0.646. The number of nitrogens with zero attached hydrogens (tertiary/aromatic N) is 1. The number of ether oxygens (including phenoxy) is 2. The third kappa shape index (κ3) is 3.43. The first kappa shape index (κ1) is 23.1. The van der Waals surface area contributed by atoms with Crippen molar-refractivity contribution in [3.8, 4) is 0 Å². The minimum Gasteiger partial charge on any atom is -0.456 e. The molecule has 3 saturated carbocycles. The second-order valence-corrected chi connectivity index (χ2v) is 12.6. The molecule has 0 N–H and O–H groups in total. The SMILES string of the molecule is CC(C)(C)OC(=O)N1CCC[C@H]1C(=O)OCC(=O)C12CCC3(C4=CCCC(Br)=C4)CC13CC2. The van der Waals surface area contributed by atoms with Gasteiger partial charge in [0.25, 0.3) is 0 Å². The molecule has 180 valence electrons. The van der Waals surface area contributed by atoms with E-state index in [1.54, 1.807) is 20.8 Å². The molecule has 4 atom stereocenters. The molecular weight excluding hydrogens is 486 g/mol. The number of halogens is 1. The van der Waals surface area contributed by atoms with Crippen molar-refractivity contribution in [2.24, 2.45) is 16.2 Å². The lowest BCUT2D eigenvalue weighted by Crippen LogP contribution is -2.50. The van der Waals surface area contributed by atoms with E-state index < -0.39 is 23.7 Å². The lowest BCUT2D eigenvalue weighted by Gasteiger charge is -2.48. The molecule has 1 saturated heterocycles. The number of carbonyl (C=O) groups is 3. The van der Waals surface area contributed by atoms with Gasteiger partial charge in [0.2, 0.25) is 0 Å². The molecule has 3 unspecified atom stereocenters. The molecule has 0 radical (unpaired) electrons. The standard InChI is InChI=1S/C26H34BrNO5/c1-23(2,3)33-22(31)28-13-5-8-19(28)21(30)32-15-20(29)24-9-10-25(16-26(24,25)12-11-24)17-6-4-7-18(27)14-17/h6,14,19H,4-5,7-13,15-16H2,1-3H3/t19-,24?,25?,26?/m0/s1. The minimum atomic E-state index is -0.668. The monoisotopic (exact) mass is 519 g/mol. The summed E-state index contributed by atoms with van der Waals surface area (Å²) in [6.45, 7) is 5.69. The van der Waals surface area contributed by atoms with Crippen LogP contribution >= 0.6 is 15.9 Å². The molecule has 1 heterocycles. The van der Waals surface area contributed by atoms with Gasteiger partial charge in [-0.3, -0.25) is 9.69 Å². The van der Waals surface area contributed by atoms with Gasteiger partial charge in [0.05, 0.1) is 0 Å². The molecule has 5 rings (SSSR count). The van der Waals surface area contributed by atoms with Crippen LogP contribution in [0.25, 0.3) is 0 Å². The van der Waals surface area contributed by atoms with Gasteiger partial charge in [0.1, 0.15) is 11.6 Å². The lowest BCUT2D eigenvalue weighted by atomic mass is 9.54. The van der Waals surface area contributed by atoms with Crippen molar-refractivity contribution in [2.45, 2.75) is 90.2 Å². The zero-order valence-corrected chi connectivity index (χ0v) is 21.5. The summed E-state index contributed by atoms with van der Waals surface area (Å²) in [4.78, 5) is 40.2. The Kier molecular flexibility index (Phi) is 5.39. The molecule has 1 aliphatic heterocycles. The minimum absolute atomic E-state index is 0.0619. The first-order valence-corrected chi connectivity index (χ1v) is 13.1. The van der Waals surface area contributed by atoms with Gasteiger partial charge in [-0.1, -0.05) is 22.0 Å². The molecule has 0 bridgehead atoms. The molecule has 0 aromatic rings. The summed E-state index contributed by atoms with van der Waals surface area (Å²) in [6, 6.07) is -0.668. The average Bonchev–Trinajstić information content (AvgIpc) is 3.12. The molecule has 5 aliphatic rings. The quantitative estimate of drug-likeness (QED) is 0.451. The summed E-state index contributed by atoms with van der Waals surface area (Å²) in [6.07, 6.45) is 12.5. The number of amides is 1. The number of allylic oxidation sites excluding steroid dienone is 4. The van der Waals surface area contributed by atoms with Crippen molar-refractivity contribution < 1.29 is 23.9 Å². The van der Waals surface area contributed by atoms with Crippen molar-refractivity contribution >= 4 is 33.8 Å². The second kappa shape index (κ2) is 7.69. The Morgan fingerprint density at radius 2 is 1.94 bits per heavy atom. The van der Waals surface area contributed by atoms with Crippen LogP contribution in [-0.4, -0.2) is 47.5 Å². The third-order valence-electron chi connectivity index (χ3n) is 8.91. The zero-order chi connectivity index (χ0) is 23.6. The molecule has 6 nitrogen and oxygen atoms in total. The summed E-state index contributed by atoms with van der Waals surface area (Å²) < 4.78 is 12.2. The number of Topliss-reactive ketones (excluding diaryl/α,β-unsaturated/α-hetero) is 1. The van der Waals surface area contributed by atoms with Crippen LogP contribution in [0.2, 0.25) is 0 Å². The summed E-state index contributed by atoms with van der Waals surface area (Å²) in [7, 11) is 0. The Labute approximate surface area is 204 Å². The van der Waals surface area contributed by atoms with E-state index in [1.165, 1.54) is 15.0 Å². The maximum atomic E-state index is 13.4. The maximum absolute atomic E-state index is 13.4. The average molecular weight is 520 g/mol. The molecule has 4 aliphatic carbocycles. The van der Waals surface area contributed by atoms with Crippen LogP contribution in [0.5, 0.6) is 0 Å². The Balaban J connectivity index is 1.22. The number of esters is 1. The summed E-state index contributed by atoms with van der Waals surface area (Å²) >= 11 is 3.67. The van der Waals surface area contributed by atoms with E-state index in [2.05, 4.69) is 28.1 Å².